The number of benzene rings is 2. The Morgan fingerprint density at radius 1 is 1.00 bits per heavy atom. The van der Waals surface area contributed by atoms with Gasteiger partial charge >= 0.3 is 0 Å². The summed E-state index contributed by atoms with van der Waals surface area (Å²) < 4.78 is 40.7. The van der Waals surface area contributed by atoms with Crippen molar-refractivity contribution in [1.82, 2.24) is 9.78 Å². The summed E-state index contributed by atoms with van der Waals surface area (Å²) in [5.41, 5.74) is 1.29. The van der Waals surface area contributed by atoms with Crippen molar-refractivity contribution in [2.75, 3.05) is 17.9 Å². The molecule has 0 saturated heterocycles. The minimum absolute atomic E-state index is 0.102. The molecular weight excluding hydrogens is 366 g/mol. The summed E-state index contributed by atoms with van der Waals surface area (Å²) >= 11 is 0. The van der Waals surface area contributed by atoms with Gasteiger partial charge in [-0.25, -0.2) is 13.1 Å². The number of nitrogens with one attached hydrogen (secondary N) is 1. The Balaban J connectivity index is 1.82. The van der Waals surface area contributed by atoms with E-state index < -0.39 is 10.0 Å². The molecule has 1 aromatic heterocycles. The monoisotopic (exact) mass is 387 g/mol. The Labute approximate surface area is 158 Å². The molecule has 27 heavy (non-hydrogen) atoms. The lowest BCUT2D eigenvalue weighted by Gasteiger charge is -2.13. The van der Waals surface area contributed by atoms with Gasteiger partial charge in [0.1, 0.15) is 0 Å². The van der Waals surface area contributed by atoms with Gasteiger partial charge in [-0.15, -0.1) is 0 Å². The quantitative estimate of drug-likeness (QED) is 0.640. The van der Waals surface area contributed by atoms with E-state index in [1.807, 2.05) is 26.1 Å². The molecule has 0 saturated carbocycles. The third kappa shape index (κ3) is 4.40. The third-order valence-corrected chi connectivity index (χ3v) is 5.09. The van der Waals surface area contributed by atoms with Crippen molar-refractivity contribution >= 4 is 15.7 Å². The first-order valence-electron chi connectivity index (χ1n) is 8.56. The van der Waals surface area contributed by atoms with Gasteiger partial charge in [0, 0.05) is 24.1 Å². The Morgan fingerprint density at radius 2 is 1.70 bits per heavy atom. The molecule has 0 aliphatic carbocycles. The van der Waals surface area contributed by atoms with Crippen LogP contribution < -0.4 is 14.2 Å². The molecule has 8 heteroatoms. The van der Waals surface area contributed by atoms with Crippen LogP contribution in [-0.2, 0) is 10.0 Å². The molecule has 0 aliphatic heterocycles. The zero-order chi connectivity index (χ0) is 19.3. The fourth-order valence-corrected chi connectivity index (χ4v) is 3.59. The zero-order valence-corrected chi connectivity index (χ0v) is 15.9. The number of rotatable bonds is 8. The highest BCUT2D eigenvalue weighted by Crippen LogP contribution is 2.31. The lowest BCUT2D eigenvalue weighted by molar-refractivity contribution is 0.287. The minimum Gasteiger partial charge on any atom is -0.490 e. The van der Waals surface area contributed by atoms with Crippen LogP contribution in [0.4, 0.5) is 5.69 Å². The minimum atomic E-state index is -3.76. The molecule has 0 fully saturated rings. The first kappa shape index (κ1) is 18.8. The first-order valence-corrected chi connectivity index (χ1v) is 10.0. The largest absolute Gasteiger partial charge is 0.490 e. The molecule has 0 aliphatic rings. The molecule has 142 valence electrons. The predicted octanol–water partition coefficient (Wildman–Crippen LogP) is 3.47. The third-order valence-electron chi connectivity index (χ3n) is 3.71. The smallest absolute Gasteiger partial charge is 0.262 e. The van der Waals surface area contributed by atoms with E-state index in [-0.39, 0.29) is 4.90 Å². The molecule has 1 N–H and O–H groups in total. The van der Waals surface area contributed by atoms with E-state index in [0.717, 1.165) is 5.69 Å². The number of aromatic nitrogens is 2. The van der Waals surface area contributed by atoms with E-state index in [1.54, 1.807) is 41.2 Å². The second kappa shape index (κ2) is 8.13. The van der Waals surface area contributed by atoms with Gasteiger partial charge in [-0.05, 0) is 56.3 Å². The molecular formula is C19H21N3O4S. The maximum atomic E-state index is 12.7. The number of hydrogen-bond acceptors (Lipinski definition) is 5. The average molecular weight is 387 g/mol. The van der Waals surface area contributed by atoms with E-state index in [4.69, 9.17) is 9.47 Å². The molecule has 0 spiro atoms. The van der Waals surface area contributed by atoms with Crippen LogP contribution in [0, 0.1) is 0 Å². The van der Waals surface area contributed by atoms with Crippen molar-refractivity contribution in [3.63, 3.8) is 0 Å². The summed E-state index contributed by atoms with van der Waals surface area (Å²) in [5, 5.41) is 4.14. The summed E-state index contributed by atoms with van der Waals surface area (Å²) in [7, 11) is -3.76. The number of anilines is 1. The summed E-state index contributed by atoms with van der Waals surface area (Å²) in [6.07, 6.45) is 3.49. The highest BCUT2D eigenvalue weighted by atomic mass is 32.2. The van der Waals surface area contributed by atoms with Crippen molar-refractivity contribution < 1.29 is 17.9 Å². The highest BCUT2D eigenvalue weighted by Gasteiger charge is 2.17. The van der Waals surface area contributed by atoms with Crippen LogP contribution in [0.15, 0.2) is 65.8 Å². The summed E-state index contributed by atoms with van der Waals surface area (Å²) in [6, 6.07) is 13.3. The lowest BCUT2D eigenvalue weighted by Crippen LogP contribution is -2.13. The SMILES string of the molecule is CCOc1ccc(S(=O)(=O)Nc2ccc(-n3cccn3)cc2)cc1OCC. The van der Waals surface area contributed by atoms with Gasteiger partial charge in [0.25, 0.3) is 10.0 Å². The van der Waals surface area contributed by atoms with Crippen molar-refractivity contribution in [1.29, 1.82) is 0 Å². The fourth-order valence-electron chi connectivity index (χ4n) is 2.52. The molecule has 7 nitrogen and oxygen atoms in total. The van der Waals surface area contributed by atoms with Gasteiger partial charge in [0.15, 0.2) is 11.5 Å². The molecule has 3 aromatic rings. The summed E-state index contributed by atoms with van der Waals surface area (Å²) in [6.45, 7) is 4.56. The highest BCUT2D eigenvalue weighted by molar-refractivity contribution is 7.92. The van der Waals surface area contributed by atoms with Crippen LogP contribution in [0.1, 0.15) is 13.8 Å². The maximum Gasteiger partial charge on any atom is 0.262 e. The topological polar surface area (TPSA) is 82.5 Å². The van der Waals surface area contributed by atoms with Crippen LogP contribution in [0.5, 0.6) is 11.5 Å². The molecule has 1 heterocycles. The van der Waals surface area contributed by atoms with Gasteiger partial charge in [0.2, 0.25) is 0 Å². The first-order chi connectivity index (χ1) is 13.0. The number of sulfonamides is 1. The maximum absolute atomic E-state index is 12.7. The fraction of sp³-hybridized carbons (Fsp3) is 0.211. The van der Waals surface area contributed by atoms with Gasteiger partial charge in [-0.1, -0.05) is 0 Å². The van der Waals surface area contributed by atoms with Crippen molar-refractivity contribution in [2.24, 2.45) is 0 Å². The molecule has 2 aromatic carbocycles. The van der Waals surface area contributed by atoms with Gasteiger partial charge in [0.05, 0.1) is 23.8 Å². The van der Waals surface area contributed by atoms with Crippen LogP contribution in [0.2, 0.25) is 0 Å². The lowest BCUT2D eigenvalue weighted by atomic mass is 10.3. The average Bonchev–Trinajstić information content (AvgIpc) is 3.18. The van der Waals surface area contributed by atoms with E-state index in [9.17, 15) is 8.42 Å². The summed E-state index contributed by atoms with van der Waals surface area (Å²) in [5.74, 6) is 0.915. The molecule has 0 radical (unpaired) electrons. The Kier molecular flexibility index (Phi) is 5.66. The van der Waals surface area contributed by atoms with Crippen LogP contribution >= 0.6 is 0 Å². The van der Waals surface area contributed by atoms with E-state index in [2.05, 4.69) is 9.82 Å². The normalized spacial score (nSPS) is 11.2. The summed E-state index contributed by atoms with van der Waals surface area (Å²) in [4.78, 5) is 0.102. The number of nitrogens with zero attached hydrogens (tertiary/aromatic N) is 2. The molecule has 0 amide bonds. The van der Waals surface area contributed by atoms with Gasteiger partial charge in [-0.3, -0.25) is 4.72 Å². The van der Waals surface area contributed by atoms with Gasteiger partial charge < -0.3 is 9.47 Å². The molecule has 0 unspecified atom stereocenters. The van der Waals surface area contributed by atoms with Gasteiger partial charge in [-0.2, -0.15) is 5.10 Å². The predicted molar refractivity (Wildman–Crippen MR) is 103 cm³/mol. The van der Waals surface area contributed by atoms with Crippen LogP contribution in [0.3, 0.4) is 0 Å². The zero-order valence-electron chi connectivity index (χ0n) is 15.1. The van der Waals surface area contributed by atoms with Crippen molar-refractivity contribution in [3.8, 4) is 17.2 Å². The van der Waals surface area contributed by atoms with E-state index >= 15 is 0 Å². The molecule has 0 atom stereocenters. The Morgan fingerprint density at radius 3 is 2.33 bits per heavy atom. The standard InChI is InChI=1S/C19H21N3O4S/c1-3-25-18-11-10-17(14-19(18)26-4-2)27(23,24)21-15-6-8-16(9-7-15)22-13-5-12-20-22/h5-14,21H,3-4H2,1-2H3. The van der Waals surface area contributed by atoms with Crippen LogP contribution in [-0.4, -0.2) is 31.4 Å². The van der Waals surface area contributed by atoms with E-state index in [0.29, 0.717) is 30.4 Å². The molecule has 3 rings (SSSR count). The van der Waals surface area contributed by atoms with Crippen molar-refractivity contribution in [3.05, 3.63) is 60.9 Å². The van der Waals surface area contributed by atoms with E-state index in [1.165, 1.54) is 12.1 Å². The second-order valence-corrected chi connectivity index (χ2v) is 7.26. The Hall–Kier alpha value is -3.00. The number of hydrogen-bond donors (Lipinski definition) is 1. The van der Waals surface area contributed by atoms with Crippen LogP contribution in [0.25, 0.3) is 5.69 Å². The van der Waals surface area contributed by atoms with Crippen molar-refractivity contribution in [2.45, 2.75) is 18.7 Å². The molecule has 0 bridgehead atoms. The Bertz CT molecular complexity index is 984. The number of ether oxygens (including phenoxy) is 2. The second-order valence-electron chi connectivity index (χ2n) is 5.58.